The largest absolute Gasteiger partial charge is 0.338 e. The van der Waals surface area contributed by atoms with Crippen molar-refractivity contribution in [1.82, 2.24) is 0 Å². The lowest BCUT2D eigenvalue weighted by molar-refractivity contribution is 0.202. The zero-order valence-corrected chi connectivity index (χ0v) is 12.6. The van der Waals surface area contributed by atoms with E-state index in [1.807, 2.05) is 0 Å². The highest BCUT2D eigenvalue weighted by molar-refractivity contribution is 7.65. The van der Waals surface area contributed by atoms with Crippen LogP contribution < -0.4 is 0 Å². The van der Waals surface area contributed by atoms with Crippen molar-refractivity contribution in [2.45, 2.75) is 39.5 Å². The molecule has 0 aliphatic rings. The fourth-order valence-electron chi connectivity index (χ4n) is 0.812. The Morgan fingerprint density at radius 3 is 1.75 bits per heavy atom. The molecule has 0 aromatic carbocycles. The molecule has 0 saturated carbocycles. The van der Waals surface area contributed by atoms with E-state index in [2.05, 4.69) is 13.8 Å². The Labute approximate surface area is 101 Å². The van der Waals surface area contributed by atoms with Crippen LogP contribution in [0.3, 0.4) is 0 Å². The van der Waals surface area contributed by atoms with Gasteiger partial charge in [-0.25, -0.2) is 0 Å². The summed E-state index contributed by atoms with van der Waals surface area (Å²) in [4.78, 5) is 0. The molecule has 0 radical (unpaired) electrons. The summed E-state index contributed by atoms with van der Waals surface area (Å²) in [6.07, 6.45) is 4.07. The van der Waals surface area contributed by atoms with Crippen molar-refractivity contribution in [3.05, 3.63) is 0 Å². The highest BCUT2D eigenvalue weighted by Crippen LogP contribution is 2.55. The van der Waals surface area contributed by atoms with Gasteiger partial charge in [-0.15, -0.1) is 0 Å². The number of unbranched alkanes of at least 4 members (excludes halogenated alkanes) is 2. The standard InChI is InChI=1S/C10H24O4P2/c1-5-7-9-12-15(13-10-8-6-2)14-16(3,4)11/h5-10H2,1-4H3. The molecule has 0 fully saturated rings. The topological polar surface area (TPSA) is 44.8 Å². The lowest BCUT2D eigenvalue weighted by atomic mass is 10.4. The average molecular weight is 270 g/mol. The predicted molar refractivity (Wildman–Crippen MR) is 69.2 cm³/mol. The summed E-state index contributed by atoms with van der Waals surface area (Å²) in [5, 5.41) is 0. The molecule has 98 valence electrons. The molecule has 4 nitrogen and oxygen atoms in total. The molecule has 0 aromatic rings. The van der Waals surface area contributed by atoms with E-state index < -0.39 is 16.0 Å². The maximum Gasteiger partial charge on any atom is 0.338 e. The van der Waals surface area contributed by atoms with Crippen LogP contribution in [0.2, 0.25) is 0 Å². The summed E-state index contributed by atoms with van der Waals surface area (Å²) in [5.41, 5.74) is 0. The molecule has 0 aliphatic heterocycles. The molecule has 0 saturated heterocycles. The lowest BCUT2D eigenvalue weighted by Crippen LogP contribution is -1.97. The second kappa shape index (κ2) is 9.56. The first kappa shape index (κ1) is 16.5. The van der Waals surface area contributed by atoms with Gasteiger partial charge in [0.05, 0.1) is 13.2 Å². The summed E-state index contributed by atoms with van der Waals surface area (Å²) >= 11 is 0. The highest BCUT2D eigenvalue weighted by atomic mass is 31.2. The molecule has 0 atom stereocenters. The smallest absolute Gasteiger partial charge is 0.312 e. The molecule has 0 N–H and O–H groups in total. The van der Waals surface area contributed by atoms with E-state index in [-0.39, 0.29) is 0 Å². The lowest BCUT2D eigenvalue weighted by Gasteiger charge is -2.18. The molecular formula is C10H24O4P2. The van der Waals surface area contributed by atoms with Crippen LogP contribution in [0.1, 0.15) is 39.5 Å². The van der Waals surface area contributed by atoms with E-state index >= 15 is 0 Å². The second-order valence-electron chi connectivity index (χ2n) is 3.93. The van der Waals surface area contributed by atoms with Crippen LogP contribution in [-0.2, 0) is 17.9 Å². The molecule has 0 unspecified atom stereocenters. The summed E-state index contributed by atoms with van der Waals surface area (Å²) in [7, 11) is -3.98. The van der Waals surface area contributed by atoms with Crippen molar-refractivity contribution < 1.29 is 17.9 Å². The Bertz CT molecular complexity index is 195. The maximum atomic E-state index is 11.5. The first-order valence-corrected chi connectivity index (χ1v) is 9.41. The number of hydrogen-bond donors (Lipinski definition) is 0. The fraction of sp³-hybridized carbons (Fsp3) is 1.00. The second-order valence-corrected chi connectivity index (χ2v) is 8.05. The molecule has 0 spiro atoms. The summed E-state index contributed by atoms with van der Waals surface area (Å²) in [6, 6.07) is 0. The van der Waals surface area contributed by atoms with Gasteiger partial charge in [-0.1, -0.05) is 26.7 Å². The third kappa shape index (κ3) is 11.0. The Morgan fingerprint density at radius 1 is 1.00 bits per heavy atom. The van der Waals surface area contributed by atoms with Gasteiger partial charge in [0.25, 0.3) is 0 Å². The monoisotopic (exact) mass is 270 g/mol. The van der Waals surface area contributed by atoms with Crippen molar-refractivity contribution in [3.63, 3.8) is 0 Å². The van der Waals surface area contributed by atoms with Crippen molar-refractivity contribution in [1.29, 1.82) is 0 Å². The minimum Gasteiger partial charge on any atom is -0.312 e. The third-order valence-electron chi connectivity index (χ3n) is 1.65. The molecule has 0 aromatic heterocycles. The SMILES string of the molecule is CCCCOP(OCCCC)OP(C)(C)=O. The zero-order valence-electron chi connectivity index (χ0n) is 10.8. The minimum atomic E-state index is -2.54. The van der Waals surface area contributed by atoms with Gasteiger partial charge in [-0.3, -0.25) is 8.88 Å². The van der Waals surface area contributed by atoms with Gasteiger partial charge >= 0.3 is 8.60 Å². The van der Waals surface area contributed by atoms with Gasteiger partial charge in [0.2, 0.25) is 7.37 Å². The van der Waals surface area contributed by atoms with Crippen molar-refractivity contribution in [2.75, 3.05) is 26.5 Å². The summed E-state index contributed by atoms with van der Waals surface area (Å²) in [6.45, 7) is 8.55. The van der Waals surface area contributed by atoms with E-state index in [1.165, 1.54) is 0 Å². The zero-order chi connectivity index (χ0) is 12.4. The van der Waals surface area contributed by atoms with E-state index in [1.54, 1.807) is 13.3 Å². The Morgan fingerprint density at radius 2 is 1.44 bits per heavy atom. The van der Waals surface area contributed by atoms with E-state index in [4.69, 9.17) is 13.4 Å². The molecule has 0 rings (SSSR count). The van der Waals surface area contributed by atoms with Crippen LogP contribution in [0.5, 0.6) is 0 Å². The minimum absolute atomic E-state index is 0.605. The maximum absolute atomic E-state index is 11.5. The summed E-state index contributed by atoms with van der Waals surface area (Å²) in [5.74, 6) is 0. The Kier molecular flexibility index (Phi) is 9.88. The highest BCUT2D eigenvalue weighted by Gasteiger charge is 2.20. The van der Waals surface area contributed by atoms with Crippen LogP contribution in [-0.4, -0.2) is 26.5 Å². The Hall–Kier alpha value is 0.540. The van der Waals surface area contributed by atoms with Gasteiger partial charge in [-0.2, -0.15) is 0 Å². The number of rotatable bonds is 10. The van der Waals surface area contributed by atoms with Crippen LogP contribution in [0.25, 0.3) is 0 Å². The fourth-order valence-corrected chi connectivity index (χ4v) is 3.10. The van der Waals surface area contributed by atoms with Crippen molar-refractivity contribution in [3.8, 4) is 0 Å². The normalized spacial score (nSPS) is 12.3. The van der Waals surface area contributed by atoms with Crippen LogP contribution >= 0.6 is 16.0 Å². The average Bonchev–Trinajstić information content (AvgIpc) is 2.16. The molecule has 0 heterocycles. The summed E-state index contributed by atoms with van der Waals surface area (Å²) < 4.78 is 27.7. The van der Waals surface area contributed by atoms with E-state index in [0.29, 0.717) is 13.2 Å². The van der Waals surface area contributed by atoms with E-state index in [0.717, 1.165) is 25.7 Å². The van der Waals surface area contributed by atoms with Gasteiger partial charge in [0.15, 0.2) is 0 Å². The predicted octanol–water partition coefficient (Wildman–Crippen LogP) is 4.40. The van der Waals surface area contributed by atoms with Crippen molar-refractivity contribution in [2.24, 2.45) is 0 Å². The van der Waals surface area contributed by atoms with Crippen LogP contribution in [0, 0.1) is 0 Å². The van der Waals surface area contributed by atoms with E-state index in [9.17, 15) is 4.57 Å². The molecule has 0 bridgehead atoms. The quantitative estimate of drug-likeness (QED) is 0.436. The molecule has 0 amide bonds. The van der Waals surface area contributed by atoms with Gasteiger partial charge in [0.1, 0.15) is 0 Å². The molecule has 0 aliphatic carbocycles. The van der Waals surface area contributed by atoms with Gasteiger partial charge in [0, 0.05) is 13.3 Å². The van der Waals surface area contributed by atoms with Crippen LogP contribution in [0.15, 0.2) is 0 Å². The Balaban J connectivity index is 3.90. The van der Waals surface area contributed by atoms with Crippen LogP contribution in [0.4, 0.5) is 0 Å². The molecular weight excluding hydrogens is 246 g/mol. The molecule has 6 heteroatoms. The first-order chi connectivity index (χ1) is 7.49. The third-order valence-corrected chi connectivity index (χ3v) is 4.55. The number of hydrogen-bond acceptors (Lipinski definition) is 4. The van der Waals surface area contributed by atoms with Gasteiger partial charge < -0.3 is 9.05 Å². The molecule has 16 heavy (non-hydrogen) atoms. The first-order valence-electron chi connectivity index (χ1n) is 5.80. The van der Waals surface area contributed by atoms with Crippen molar-refractivity contribution >= 4 is 16.0 Å². The van der Waals surface area contributed by atoms with Gasteiger partial charge in [-0.05, 0) is 12.8 Å².